The zero-order chi connectivity index (χ0) is 22.8. The van der Waals surface area contributed by atoms with Crippen molar-refractivity contribution >= 4 is 64.1 Å². The first-order valence-corrected chi connectivity index (χ1v) is 10.7. The van der Waals surface area contributed by atoms with Crippen molar-refractivity contribution in [2.45, 2.75) is 0 Å². The number of furan rings is 1. The Bertz CT molecular complexity index is 1270. The summed E-state index contributed by atoms with van der Waals surface area (Å²) >= 11 is 17.5. The number of carbonyl (C=O) groups is 2. The van der Waals surface area contributed by atoms with Gasteiger partial charge in [0, 0.05) is 12.1 Å². The molecule has 0 bridgehead atoms. The van der Waals surface area contributed by atoms with Crippen LogP contribution in [0.4, 0.5) is 5.69 Å². The zero-order valence-corrected chi connectivity index (χ0v) is 19.0. The van der Waals surface area contributed by atoms with E-state index in [1.54, 1.807) is 60.7 Å². The predicted molar refractivity (Wildman–Crippen MR) is 131 cm³/mol. The van der Waals surface area contributed by atoms with E-state index in [1.165, 1.54) is 15.9 Å². The molecular weight excluding hydrogens is 467 g/mol. The van der Waals surface area contributed by atoms with Crippen LogP contribution in [-0.2, 0) is 9.59 Å². The summed E-state index contributed by atoms with van der Waals surface area (Å²) in [6, 6.07) is 17.4. The largest absolute Gasteiger partial charge is 0.457 e. The monoisotopic (exact) mass is 482 g/mol. The highest BCUT2D eigenvalue weighted by molar-refractivity contribution is 7.80. The van der Waals surface area contributed by atoms with Gasteiger partial charge >= 0.3 is 0 Å². The van der Waals surface area contributed by atoms with E-state index in [-0.39, 0.29) is 17.2 Å². The minimum absolute atomic E-state index is 0.0701. The molecule has 0 aliphatic carbocycles. The van der Waals surface area contributed by atoms with Crippen LogP contribution in [0.3, 0.4) is 0 Å². The average Bonchev–Trinajstić information content (AvgIpc) is 3.26. The van der Waals surface area contributed by atoms with Gasteiger partial charge in [0.05, 0.1) is 15.7 Å². The number of nitrogens with zero attached hydrogens (tertiary/aromatic N) is 2. The lowest BCUT2D eigenvalue weighted by Crippen LogP contribution is -2.56. The number of rotatable bonds is 5. The van der Waals surface area contributed by atoms with Crippen LogP contribution in [0.15, 0.2) is 83.3 Å². The van der Waals surface area contributed by atoms with Crippen LogP contribution >= 0.6 is 35.4 Å². The van der Waals surface area contributed by atoms with Gasteiger partial charge in [0.2, 0.25) is 0 Å². The smallest absolute Gasteiger partial charge is 0.270 e. The second-order valence-electron chi connectivity index (χ2n) is 6.85. The van der Waals surface area contributed by atoms with Crippen molar-refractivity contribution in [1.29, 1.82) is 0 Å². The lowest BCUT2D eigenvalue weighted by Gasteiger charge is -2.36. The van der Waals surface area contributed by atoms with Gasteiger partial charge in [0.25, 0.3) is 11.8 Å². The minimum Gasteiger partial charge on any atom is -0.457 e. The number of amides is 2. The van der Waals surface area contributed by atoms with Gasteiger partial charge in [-0.1, -0.05) is 47.5 Å². The first kappa shape index (κ1) is 22.0. The van der Waals surface area contributed by atoms with Crippen LogP contribution in [0, 0.1) is 0 Å². The molecule has 0 spiro atoms. The number of carbonyl (C=O) groups excluding carboxylic acids is 2. The molecule has 1 saturated heterocycles. The number of para-hydroxylation sites is 1. The lowest BCUT2D eigenvalue weighted by atomic mass is 10.1. The fourth-order valence-electron chi connectivity index (χ4n) is 3.25. The van der Waals surface area contributed by atoms with Gasteiger partial charge in [-0.15, -0.1) is 6.58 Å². The van der Waals surface area contributed by atoms with Crippen LogP contribution < -0.4 is 4.90 Å². The number of thiocarbonyl (C=S) groups is 1. The van der Waals surface area contributed by atoms with Crippen LogP contribution in [0.1, 0.15) is 5.76 Å². The van der Waals surface area contributed by atoms with E-state index in [2.05, 4.69) is 6.58 Å². The fraction of sp³-hybridized carbons (Fsp3) is 0.0417. The summed E-state index contributed by atoms with van der Waals surface area (Å²) in [6.45, 7) is 3.85. The first-order valence-electron chi connectivity index (χ1n) is 9.54. The van der Waals surface area contributed by atoms with Crippen molar-refractivity contribution in [2.24, 2.45) is 0 Å². The number of hydrogen-bond donors (Lipinski definition) is 0. The average molecular weight is 483 g/mol. The Morgan fingerprint density at radius 2 is 1.72 bits per heavy atom. The minimum atomic E-state index is -0.529. The molecule has 3 aromatic rings. The topological polar surface area (TPSA) is 53.8 Å². The molecule has 0 unspecified atom stereocenters. The number of benzene rings is 2. The van der Waals surface area contributed by atoms with Crippen molar-refractivity contribution < 1.29 is 14.0 Å². The molecule has 8 heteroatoms. The van der Waals surface area contributed by atoms with Gasteiger partial charge in [0.1, 0.15) is 17.1 Å². The van der Waals surface area contributed by atoms with Crippen molar-refractivity contribution in [3.05, 3.63) is 94.7 Å². The Kier molecular flexibility index (Phi) is 6.28. The standard InChI is InChI=1S/C24H16Cl2N2O3S/c1-2-12-27-22(29)18(23(30)28(24(27)32)16-6-4-3-5-7-16)14-17-9-11-21(31-17)15-8-10-19(25)20(26)13-15/h2-11,13-14H,1,12H2/b18-14+. The molecule has 0 N–H and O–H groups in total. The normalized spacial score (nSPS) is 15.6. The zero-order valence-electron chi connectivity index (χ0n) is 16.6. The molecule has 0 radical (unpaired) electrons. The number of anilines is 1. The molecule has 1 fully saturated rings. The molecule has 2 heterocycles. The summed E-state index contributed by atoms with van der Waals surface area (Å²) < 4.78 is 5.85. The van der Waals surface area contributed by atoms with Crippen molar-refractivity contribution in [3.8, 4) is 11.3 Å². The van der Waals surface area contributed by atoms with Crippen molar-refractivity contribution in [1.82, 2.24) is 4.90 Å². The highest BCUT2D eigenvalue weighted by Crippen LogP contribution is 2.31. The third-order valence-electron chi connectivity index (χ3n) is 4.77. The summed E-state index contributed by atoms with van der Waals surface area (Å²) in [5.41, 5.74) is 1.20. The summed E-state index contributed by atoms with van der Waals surface area (Å²) in [5, 5.41) is 0.923. The third-order valence-corrected chi connectivity index (χ3v) is 5.92. The van der Waals surface area contributed by atoms with Crippen molar-refractivity contribution in [2.75, 3.05) is 11.4 Å². The lowest BCUT2D eigenvalue weighted by molar-refractivity contribution is -0.127. The SMILES string of the molecule is C=CCN1C(=O)/C(=C\c2ccc(-c3ccc(Cl)c(Cl)c3)o2)C(=O)N(c2ccccc2)C1=S. The predicted octanol–water partition coefficient (Wildman–Crippen LogP) is 5.98. The van der Waals surface area contributed by atoms with E-state index in [9.17, 15) is 9.59 Å². The maximum absolute atomic E-state index is 13.3. The maximum Gasteiger partial charge on any atom is 0.270 e. The van der Waals surface area contributed by atoms with Gasteiger partial charge in [-0.2, -0.15) is 0 Å². The molecule has 0 saturated carbocycles. The summed E-state index contributed by atoms with van der Waals surface area (Å²) in [7, 11) is 0. The fourth-order valence-corrected chi connectivity index (χ4v) is 3.89. The highest BCUT2D eigenvalue weighted by atomic mass is 35.5. The van der Waals surface area contributed by atoms with E-state index in [0.29, 0.717) is 32.8 Å². The second kappa shape index (κ2) is 9.12. The molecule has 32 heavy (non-hydrogen) atoms. The Morgan fingerprint density at radius 1 is 0.969 bits per heavy atom. The third kappa shape index (κ3) is 4.12. The van der Waals surface area contributed by atoms with E-state index >= 15 is 0 Å². The van der Waals surface area contributed by atoms with Crippen LogP contribution in [0.25, 0.3) is 17.4 Å². The van der Waals surface area contributed by atoms with E-state index < -0.39 is 11.8 Å². The van der Waals surface area contributed by atoms with Gasteiger partial charge in [0.15, 0.2) is 5.11 Å². The second-order valence-corrected chi connectivity index (χ2v) is 8.03. The van der Waals surface area contributed by atoms with Crippen LogP contribution in [0.5, 0.6) is 0 Å². The maximum atomic E-state index is 13.3. The van der Waals surface area contributed by atoms with Crippen LogP contribution in [0.2, 0.25) is 10.0 Å². The molecular formula is C24H16Cl2N2O3S. The molecule has 5 nitrogen and oxygen atoms in total. The number of halogens is 2. The van der Waals surface area contributed by atoms with Gasteiger partial charge in [-0.25, -0.2) is 0 Å². The molecule has 160 valence electrons. The summed E-state index contributed by atoms with van der Waals surface area (Å²) in [5.74, 6) is -0.190. The first-order chi connectivity index (χ1) is 15.4. The van der Waals surface area contributed by atoms with E-state index in [1.807, 2.05) is 6.07 Å². The molecule has 0 atom stereocenters. The van der Waals surface area contributed by atoms with Crippen LogP contribution in [-0.4, -0.2) is 28.4 Å². The molecule has 2 amide bonds. The Hall–Kier alpha value is -3.19. The van der Waals surface area contributed by atoms with Gasteiger partial charge in [-0.05, 0) is 60.8 Å². The summed E-state index contributed by atoms with van der Waals surface area (Å²) in [4.78, 5) is 29.0. The van der Waals surface area contributed by atoms with Gasteiger partial charge in [-0.3, -0.25) is 19.4 Å². The highest BCUT2D eigenvalue weighted by Gasteiger charge is 2.40. The molecule has 1 aliphatic heterocycles. The molecule has 2 aromatic carbocycles. The van der Waals surface area contributed by atoms with Gasteiger partial charge < -0.3 is 4.42 Å². The Morgan fingerprint density at radius 3 is 2.41 bits per heavy atom. The van der Waals surface area contributed by atoms with E-state index in [0.717, 1.165) is 0 Å². The number of hydrogen-bond acceptors (Lipinski definition) is 4. The quantitative estimate of drug-likeness (QED) is 0.194. The molecule has 1 aliphatic rings. The molecule has 4 rings (SSSR count). The Balaban J connectivity index is 1.74. The van der Waals surface area contributed by atoms with Crippen molar-refractivity contribution in [3.63, 3.8) is 0 Å². The van der Waals surface area contributed by atoms with E-state index in [4.69, 9.17) is 39.8 Å². The molecule has 1 aromatic heterocycles. The summed E-state index contributed by atoms with van der Waals surface area (Å²) in [6.07, 6.45) is 2.97. The Labute approximate surface area is 200 Å².